The zero-order valence-corrected chi connectivity index (χ0v) is 11.6. The van der Waals surface area contributed by atoms with E-state index in [4.69, 9.17) is 9.47 Å². The smallest absolute Gasteiger partial charge is 0.340 e. The van der Waals surface area contributed by atoms with Crippen molar-refractivity contribution in [1.29, 1.82) is 0 Å². The Hall–Kier alpha value is -2.04. The zero-order chi connectivity index (χ0) is 14.4. The molecule has 0 aliphatic rings. The molecule has 0 saturated heterocycles. The molecule has 0 atom stereocenters. The van der Waals surface area contributed by atoms with E-state index in [-0.39, 0.29) is 6.04 Å². The lowest BCUT2D eigenvalue weighted by molar-refractivity contribution is -0.154. The quantitative estimate of drug-likeness (QED) is 0.598. The van der Waals surface area contributed by atoms with Crippen molar-refractivity contribution in [3.8, 4) is 0 Å². The number of hydrogen-bond donors (Lipinski definition) is 0. The highest BCUT2D eigenvalue weighted by atomic mass is 16.5. The van der Waals surface area contributed by atoms with E-state index < -0.39 is 18.0 Å². The van der Waals surface area contributed by atoms with E-state index in [0.717, 1.165) is 5.69 Å². The Morgan fingerprint density at radius 3 is 1.84 bits per heavy atom. The lowest BCUT2D eigenvalue weighted by Gasteiger charge is -2.33. The third kappa shape index (κ3) is 3.47. The third-order valence-corrected chi connectivity index (χ3v) is 2.74. The van der Waals surface area contributed by atoms with Crippen LogP contribution in [-0.2, 0) is 19.1 Å². The van der Waals surface area contributed by atoms with Crippen LogP contribution in [-0.4, -0.2) is 38.2 Å². The fraction of sp³-hybridized carbons (Fsp3) is 0.429. The molecule has 1 aromatic rings. The summed E-state index contributed by atoms with van der Waals surface area (Å²) < 4.78 is 9.41. The van der Waals surface area contributed by atoms with Crippen LogP contribution in [0.4, 0.5) is 5.69 Å². The van der Waals surface area contributed by atoms with Gasteiger partial charge in [0, 0.05) is 11.7 Å². The predicted octanol–water partition coefficient (Wildman–Crippen LogP) is 1.62. The van der Waals surface area contributed by atoms with Crippen molar-refractivity contribution in [2.24, 2.45) is 0 Å². The topological polar surface area (TPSA) is 55.8 Å². The average Bonchev–Trinajstić information content (AvgIpc) is 2.43. The van der Waals surface area contributed by atoms with Gasteiger partial charge in [-0.15, -0.1) is 0 Å². The molecule has 104 valence electrons. The Bertz CT molecular complexity index is 414. The minimum absolute atomic E-state index is 0.0643. The van der Waals surface area contributed by atoms with Crippen molar-refractivity contribution in [2.45, 2.75) is 25.9 Å². The number of nitrogens with zero attached hydrogens (tertiary/aromatic N) is 1. The van der Waals surface area contributed by atoms with Crippen LogP contribution in [0.5, 0.6) is 0 Å². The number of carbonyl (C=O) groups is 2. The van der Waals surface area contributed by atoms with E-state index >= 15 is 0 Å². The van der Waals surface area contributed by atoms with E-state index in [2.05, 4.69) is 0 Å². The van der Waals surface area contributed by atoms with Crippen molar-refractivity contribution in [2.75, 3.05) is 19.1 Å². The molecule has 0 radical (unpaired) electrons. The summed E-state index contributed by atoms with van der Waals surface area (Å²) >= 11 is 0. The molecule has 0 fully saturated rings. The molecule has 0 N–H and O–H groups in total. The third-order valence-electron chi connectivity index (χ3n) is 2.74. The number of esters is 2. The van der Waals surface area contributed by atoms with Gasteiger partial charge in [-0.25, -0.2) is 9.59 Å². The maximum Gasteiger partial charge on any atom is 0.340 e. The fourth-order valence-electron chi connectivity index (χ4n) is 1.89. The molecule has 0 aliphatic carbocycles. The minimum atomic E-state index is -1.10. The first-order valence-electron chi connectivity index (χ1n) is 6.02. The van der Waals surface area contributed by atoms with E-state index in [9.17, 15) is 9.59 Å². The van der Waals surface area contributed by atoms with Gasteiger partial charge in [-0.05, 0) is 26.0 Å². The van der Waals surface area contributed by atoms with Crippen molar-refractivity contribution >= 4 is 17.6 Å². The summed E-state index contributed by atoms with van der Waals surface area (Å²) in [6, 6.07) is 8.06. The van der Waals surface area contributed by atoms with E-state index in [1.807, 2.05) is 44.2 Å². The highest BCUT2D eigenvalue weighted by molar-refractivity contribution is 6.02. The van der Waals surface area contributed by atoms with Gasteiger partial charge in [0.2, 0.25) is 6.04 Å². The summed E-state index contributed by atoms with van der Waals surface area (Å²) in [5.74, 6) is -1.27. The summed E-state index contributed by atoms with van der Waals surface area (Å²) in [5.41, 5.74) is 0.762. The molecule has 5 heteroatoms. The number of rotatable bonds is 5. The standard InChI is InChI=1S/C14H19NO4/c1-10(2)15(11-8-6-5-7-9-11)12(13(16)18-3)14(17)19-4/h5-10,12H,1-4H3. The largest absolute Gasteiger partial charge is 0.467 e. The lowest BCUT2D eigenvalue weighted by atomic mass is 10.1. The molecule has 0 unspecified atom stereocenters. The number of para-hydroxylation sites is 1. The average molecular weight is 265 g/mol. The number of hydrogen-bond acceptors (Lipinski definition) is 5. The van der Waals surface area contributed by atoms with Crippen molar-refractivity contribution in [3.63, 3.8) is 0 Å². The van der Waals surface area contributed by atoms with Gasteiger partial charge < -0.3 is 14.4 Å². The highest BCUT2D eigenvalue weighted by Gasteiger charge is 2.36. The molecule has 0 spiro atoms. The molecule has 0 saturated carbocycles. The number of ether oxygens (including phenoxy) is 2. The Balaban J connectivity index is 3.20. The maximum atomic E-state index is 11.9. The Morgan fingerprint density at radius 2 is 1.47 bits per heavy atom. The number of benzene rings is 1. The van der Waals surface area contributed by atoms with Crippen LogP contribution in [0.25, 0.3) is 0 Å². The lowest BCUT2D eigenvalue weighted by Crippen LogP contribution is -2.51. The van der Waals surface area contributed by atoms with Crippen LogP contribution in [0.3, 0.4) is 0 Å². The van der Waals surface area contributed by atoms with Gasteiger partial charge >= 0.3 is 11.9 Å². The molecule has 5 nitrogen and oxygen atoms in total. The van der Waals surface area contributed by atoms with Crippen LogP contribution in [0.15, 0.2) is 30.3 Å². The number of carbonyl (C=O) groups excluding carboxylic acids is 2. The molecular formula is C14H19NO4. The van der Waals surface area contributed by atoms with Crippen LogP contribution >= 0.6 is 0 Å². The predicted molar refractivity (Wildman–Crippen MR) is 71.9 cm³/mol. The van der Waals surface area contributed by atoms with Gasteiger partial charge in [0.05, 0.1) is 14.2 Å². The second-order valence-corrected chi connectivity index (χ2v) is 4.29. The fourth-order valence-corrected chi connectivity index (χ4v) is 1.89. The molecule has 0 amide bonds. The number of anilines is 1. The first-order valence-corrected chi connectivity index (χ1v) is 6.02. The molecular weight excluding hydrogens is 246 g/mol. The van der Waals surface area contributed by atoms with Gasteiger partial charge in [-0.1, -0.05) is 18.2 Å². The molecule has 0 aromatic heterocycles. The normalized spacial score (nSPS) is 10.4. The van der Waals surface area contributed by atoms with Crippen molar-refractivity contribution in [3.05, 3.63) is 30.3 Å². The SMILES string of the molecule is COC(=O)C(C(=O)OC)N(c1ccccc1)C(C)C. The number of methoxy groups -OCH3 is 2. The Kier molecular flexibility index (Phi) is 5.36. The van der Waals surface area contributed by atoms with Crippen LogP contribution in [0, 0.1) is 0 Å². The van der Waals surface area contributed by atoms with Gasteiger partial charge in [0.15, 0.2) is 0 Å². The van der Waals surface area contributed by atoms with Crippen LogP contribution in [0.1, 0.15) is 13.8 Å². The molecule has 0 bridgehead atoms. The summed E-state index contributed by atoms with van der Waals surface area (Å²) in [5, 5.41) is 0. The zero-order valence-electron chi connectivity index (χ0n) is 11.6. The molecule has 19 heavy (non-hydrogen) atoms. The van der Waals surface area contributed by atoms with Gasteiger partial charge in [-0.3, -0.25) is 0 Å². The van der Waals surface area contributed by atoms with Crippen LogP contribution < -0.4 is 4.90 Å². The molecule has 1 rings (SSSR count). The van der Waals surface area contributed by atoms with Gasteiger partial charge in [0.1, 0.15) is 0 Å². The van der Waals surface area contributed by atoms with E-state index in [1.54, 1.807) is 4.90 Å². The van der Waals surface area contributed by atoms with E-state index in [0.29, 0.717) is 0 Å². The summed E-state index contributed by atoms with van der Waals surface area (Å²) in [6.07, 6.45) is 0. The monoisotopic (exact) mass is 265 g/mol. The Morgan fingerprint density at radius 1 is 1.00 bits per heavy atom. The summed E-state index contributed by atoms with van der Waals surface area (Å²) in [6.45, 7) is 3.79. The minimum Gasteiger partial charge on any atom is -0.467 e. The first-order chi connectivity index (χ1) is 9.02. The summed E-state index contributed by atoms with van der Waals surface area (Å²) in [7, 11) is 2.50. The Labute approximate surface area is 113 Å². The highest BCUT2D eigenvalue weighted by Crippen LogP contribution is 2.21. The first kappa shape index (κ1) is 15.0. The second kappa shape index (κ2) is 6.78. The van der Waals surface area contributed by atoms with Gasteiger partial charge in [-0.2, -0.15) is 0 Å². The van der Waals surface area contributed by atoms with Gasteiger partial charge in [0.25, 0.3) is 0 Å². The molecule has 0 heterocycles. The van der Waals surface area contributed by atoms with Crippen molar-refractivity contribution in [1.82, 2.24) is 0 Å². The van der Waals surface area contributed by atoms with Crippen LogP contribution in [0.2, 0.25) is 0 Å². The molecule has 0 aliphatic heterocycles. The second-order valence-electron chi connectivity index (χ2n) is 4.29. The van der Waals surface area contributed by atoms with Crippen molar-refractivity contribution < 1.29 is 19.1 Å². The maximum absolute atomic E-state index is 11.9. The van der Waals surface area contributed by atoms with E-state index in [1.165, 1.54) is 14.2 Å². The summed E-state index contributed by atoms with van der Waals surface area (Å²) in [4.78, 5) is 25.4. The molecule has 1 aromatic carbocycles.